The fraction of sp³-hybridized carbons (Fsp3) is 0.789. The third kappa shape index (κ3) is 14.2. The minimum Gasteiger partial charge on any atom is -0.480 e. The average molecular weight is 482 g/mol. The SMILES string of the molecule is CCCCCC(O)CCC(O)(O)N[C@@H](CCC(=O)N[C@@H](CS)C(=O)NCC(=O)O)C(=O)O. The Hall–Kier alpha value is -1.93. The van der Waals surface area contributed by atoms with Crippen LogP contribution in [-0.2, 0) is 19.2 Å². The van der Waals surface area contributed by atoms with Gasteiger partial charge >= 0.3 is 11.9 Å². The second-order valence-corrected chi connectivity index (χ2v) is 7.86. The lowest BCUT2D eigenvalue weighted by Gasteiger charge is -2.28. The zero-order valence-corrected chi connectivity index (χ0v) is 19.0. The van der Waals surface area contributed by atoms with Gasteiger partial charge in [0.05, 0.1) is 6.10 Å². The van der Waals surface area contributed by atoms with Crippen molar-refractivity contribution in [2.45, 2.75) is 82.4 Å². The van der Waals surface area contributed by atoms with Crippen molar-refractivity contribution in [3.05, 3.63) is 0 Å². The van der Waals surface area contributed by atoms with Crippen LogP contribution in [0.2, 0.25) is 0 Å². The summed E-state index contributed by atoms with van der Waals surface area (Å²) in [7, 11) is 0. The van der Waals surface area contributed by atoms with Crippen LogP contribution in [0.4, 0.5) is 0 Å². The Morgan fingerprint density at radius 1 is 1.00 bits per heavy atom. The number of aliphatic carboxylic acids is 2. The lowest BCUT2D eigenvalue weighted by Crippen LogP contribution is -2.54. The summed E-state index contributed by atoms with van der Waals surface area (Å²) < 4.78 is 0. The van der Waals surface area contributed by atoms with Crippen LogP contribution in [0.3, 0.4) is 0 Å². The van der Waals surface area contributed by atoms with Gasteiger partial charge in [-0.25, -0.2) is 0 Å². The molecular formula is C19H35N3O9S. The van der Waals surface area contributed by atoms with Gasteiger partial charge in [-0.3, -0.25) is 24.5 Å². The fourth-order valence-electron chi connectivity index (χ4n) is 2.77. The molecule has 0 fully saturated rings. The molecule has 0 aromatic rings. The predicted molar refractivity (Wildman–Crippen MR) is 117 cm³/mol. The van der Waals surface area contributed by atoms with Gasteiger partial charge in [-0.15, -0.1) is 0 Å². The molecule has 0 radical (unpaired) electrons. The van der Waals surface area contributed by atoms with E-state index in [2.05, 4.69) is 28.6 Å². The number of nitrogens with one attached hydrogen (secondary N) is 3. The summed E-state index contributed by atoms with van der Waals surface area (Å²) in [5.41, 5.74) is 0. The van der Waals surface area contributed by atoms with Gasteiger partial charge in [0, 0.05) is 18.6 Å². The quantitative estimate of drug-likeness (QED) is 0.0648. The Morgan fingerprint density at radius 3 is 2.19 bits per heavy atom. The Bertz CT molecular complexity index is 619. The van der Waals surface area contributed by atoms with E-state index >= 15 is 0 Å². The second-order valence-electron chi connectivity index (χ2n) is 7.49. The predicted octanol–water partition coefficient (Wildman–Crippen LogP) is -1.22. The normalized spacial score (nSPS) is 14.3. The highest BCUT2D eigenvalue weighted by molar-refractivity contribution is 7.80. The molecule has 0 bridgehead atoms. The first-order chi connectivity index (χ1) is 14.9. The third-order valence-corrected chi connectivity index (χ3v) is 4.94. The third-order valence-electron chi connectivity index (χ3n) is 4.58. The number of hydrogen-bond donors (Lipinski definition) is 9. The molecule has 0 aliphatic heterocycles. The summed E-state index contributed by atoms with van der Waals surface area (Å²) in [6, 6.07) is -2.60. The maximum atomic E-state index is 12.1. The molecule has 12 nitrogen and oxygen atoms in total. The topological polar surface area (TPSA) is 206 Å². The number of carbonyl (C=O) groups excluding carboxylic acids is 2. The number of amides is 2. The van der Waals surface area contributed by atoms with Crippen LogP contribution in [0.1, 0.15) is 58.3 Å². The van der Waals surface area contributed by atoms with E-state index in [0.717, 1.165) is 19.3 Å². The van der Waals surface area contributed by atoms with Crippen molar-refractivity contribution in [1.29, 1.82) is 0 Å². The van der Waals surface area contributed by atoms with E-state index in [-0.39, 0.29) is 31.4 Å². The summed E-state index contributed by atoms with van der Waals surface area (Å²) in [4.78, 5) is 45.8. The van der Waals surface area contributed by atoms with E-state index in [1.54, 1.807) is 0 Å². The molecule has 186 valence electrons. The van der Waals surface area contributed by atoms with Crippen LogP contribution in [0.15, 0.2) is 0 Å². The molecule has 0 aromatic heterocycles. The van der Waals surface area contributed by atoms with Crippen LogP contribution in [0.25, 0.3) is 0 Å². The molecule has 2 amide bonds. The van der Waals surface area contributed by atoms with Crippen molar-refractivity contribution >= 4 is 36.4 Å². The van der Waals surface area contributed by atoms with E-state index in [1.807, 2.05) is 6.92 Å². The smallest absolute Gasteiger partial charge is 0.322 e. The minimum atomic E-state index is -2.56. The van der Waals surface area contributed by atoms with E-state index < -0.39 is 54.4 Å². The largest absolute Gasteiger partial charge is 0.480 e. The highest BCUT2D eigenvalue weighted by Gasteiger charge is 2.31. The number of carboxylic acid groups (broad SMARTS) is 2. The minimum absolute atomic E-state index is 0.0472. The van der Waals surface area contributed by atoms with Crippen molar-refractivity contribution in [1.82, 2.24) is 16.0 Å². The van der Waals surface area contributed by atoms with Gasteiger partial charge < -0.3 is 36.2 Å². The maximum absolute atomic E-state index is 12.1. The van der Waals surface area contributed by atoms with Gasteiger partial charge in [0.25, 0.3) is 0 Å². The van der Waals surface area contributed by atoms with Crippen molar-refractivity contribution in [2.75, 3.05) is 12.3 Å². The monoisotopic (exact) mass is 481 g/mol. The number of aliphatic hydroxyl groups is 3. The zero-order valence-electron chi connectivity index (χ0n) is 18.1. The van der Waals surface area contributed by atoms with E-state index in [1.165, 1.54) is 0 Å². The van der Waals surface area contributed by atoms with Crippen LogP contribution >= 0.6 is 12.6 Å². The lowest BCUT2D eigenvalue weighted by atomic mass is 10.0. The number of carboxylic acids is 2. The average Bonchev–Trinajstić information content (AvgIpc) is 2.71. The molecule has 13 heteroatoms. The Labute approximate surface area is 192 Å². The van der Waals surface area contributed by atoms with Gasteiger partial charge in [0.2, 0.25) is 17.7 Å². The highest BCUT2D eigenvalue weighted by atomic mass is 32.1. The highest BCUT2D eigenvalue weighted by Crippen LogP contribution is 2.15. The van der Waals surface area contributed by atoms with Gasteiger partial charge in [-0.1, -0.05) is 26.2 Å². The molecule has 32 heavy (non-hydrogen) atoms. The summed E-state index contributed by atoms with van der Waals surface area (Å²) in [6.07, 6.45) is 1.51. The van der Waals surface area contributed by atoms with Crippen molar-refractivity contribution in [3.63, 3.8) is 0 Å². The zero-order chi connectivity index (χ0) is 24.7. The van der Waals surface area contributed by atoms with Crippen LogP contribution in [0.5, 0.6) is 0 Å². The second kappa shape index (κ2) is 15.8. The number of aliphatic hydroxyl groups excluding tert-OH is 1. The molecule has 0 saturated carbocycles. The Kier molecular flexibility index (Phi) is 14.9. The first kappa shape index (κ1) is 30.1. The van der Waals surface area contributed by atoms with E-state index in [0.29, 0.717) is 6.42 Å². The van der Waals surface area contributed by atoms with Crippen molar-refractivity contribution in [2.24, 2.45) is 0 Å². The van der Waals surface area contributed by atoms with Crippen molar-refractivity contribution < 1.29 is 44.7 Å². The molecule has 0 aliphatic carbocycles. The van der Waals surface area contributed by atoms with Gasteiger partial charge in [-0.05, 0) is 19.3 Å². The molecule has 8 N–H and O–H groups in total. The molecular weight excluding hydrogens is 446 g/mol. The summed E-state index contributed by atoms with van der Waals surface area (Å²) in [5, 5.41) is 54.4. The first-order valence-corrected chi connectivity index (χ1v) is 11.1. The van der Waals surface area contributed by atoms with Gasteiger partial charge in [-0.2, -0.15) is 12.6 Å². The molecule has 0 aliphatic rings. The Balaban J connectivity index is 4.63. The van der Waals surface area contributed by atoms with Gasteiger partial charge in [0.1, 0.15) is 18.6 Å². The number of thiol groups is 1. The standard InChI is InChI=1S/C19H35N3O9S/c1-2-3-4-5-12(23)8-9-19(30,31)22-13(18(28)29)6-7-15(24)21-14(11-32)17(27)20-10-16(25)26/h12-14,22-23,30-32H,2-11H2,1H3,(H,20,27)(H,21,24)(H,25,26)(H,28,29)/t12?,13-,14-/m0/s1. The summed E-state index contributed by atoms with van der Waals surface area (Å²) >= 11 is 3.92. The maximum Gasteiger partial charge on any atom is 0.322 e. The first-order valence-electron chi connectivity index (χ1n) is 10.4. The van der Waals surface area contributed by atoms with Gasteiger partial charge in [0.15, 0.2) is 0 Å². The molecule has 0 rings (SSSR count). The molecule has 3 atom stereocenters. The molecule has 0 aromatic carbocycles. The fourth-order valence-corrected chi connectivity index (χ4v) is 3.03. The number of carbonyl (C=O) groups is 4. The molecule has 0 saturated heterocycles. The van der Waals surface area contributed by atoms with Crippen molar-refractivity contribution in [3.8, 4) is 0 Å². The van der Waals surface area contributed by atoms with E-state index in [4.69, 9.17) is 5.11 Å². The van der Waals surface area contributed by atoms with E-state index in [9.17, 15) is 39.6 Å². The molecule has 0 heterocycles. The number of unbranched alkanes of at least 4 members (excludes halogenated alkanes) is 2. The number of hydrogen-bond acceptors (Lipinski definition) is 9. The molecule has 0 spiro atoms. The van der Waals surface area contributed by atoms with Crippen LogP contribution < -0.4 is 16.0 Å². The number of rotatable bonds is 18. The lowest BCUT2D eigenvalue weighted by molar-refractivity contribution is -0.203. The van der Waals surface area contributed by atoms with Crippen LogP contribution in [0, 0.1) is 0 Å². The summed E-state index contributed by atoms with van der Waals surface area (Å²) in [5.74, 6) is -6.81. The summed E-state index contributed by atoms with van der Waals surface area (Å²) in [6.45, 7) is 1.38. The Morgan fingerprint density at radius 2 is 1.66 bits per heavy atom. The molecule has 1 unspecified atom stereocenters. The van der Waals surface area contributed by atoms with Crippen LogP contribution in [-0.4, -0.2) is 85.7 Å².